The van der Waals surface area contributed by atoms with Crippen LogP contribution < -0.4 is 20.1 Å². The molecule has 10 nitrogen and oxygen atoms in total. The number of nitrogens with zero attached hydrogens (tertiary/aromatic N) is 1. The number of rotatable bonds is 7. The molecule has 1 unspecified atom stereocenters. The number of carbonyl (C=O) groups is 4. The van der Waals surface area contributed by atoms with Crippen molar-refractivity contribution in [2.45, 2.75) is 32.0 Å². The predicted molar refractivity (Wildman–Crippen MR) is 136 cm³/mol. The molecule has 0 aliphatic carbocycles. The fraction of sp³-hybridized carbons (Fsp3) is 0.214. The van der Waals surface area contributed by atoms with Crippen LogP contribution >= 0.6 is 0 Å². The number of amides is 4. The lowest BCUT2D eigenvalue weighted by Crippen LogP contribution is -2.52. The molecule has 2 aliphatic heterocycles. The SMILES string of the molecule is COc1c(COC(=O)Nc2ccc(Oc3cc(F)c(F)cc3F)cc2F)ccc2c1C(=O)N(C1CCC(=O)NC1=O)C2. The van der Waals surface area contributed by atoms with Crippen LogP contribution in [0.25, 0.3) is 0 Å². The van der Waals surface area contributed by atoms with Gasteiger partial charge in [0.1, 0.15) is 24.1 Å². The smallest absolute Gasteiger partial charge is 0.412 e. The van der Waals surface area contributed by atoms with Gasteiger partial charge in [0, 0.05) is 36.7 Å². The first-order valence-corrected chi connectivity index (χ1v) is 12.4. The summed E-state index contributed by atoms with van der Waals surface area (Å²) >= 11 is 0. The molecule has 0 aromatic heterocycles. The monoisotopic (exact) mass is 587 g/mol. The maximum atomic E-state index is 14.6. The molecule has 4 amide bonds. The number of fused-ring (bicyclic) bond motifs is 1. The quantitative estimate of drug-likeness (QED) is 0.236. The lowest BCUT2D eigenvalue weighted by Gasteiger charge is -2.29. The van der Waals surface area contributed by atoms with Gasteiger partial charge < -0.3 is 19.1 Å². The van der Waals surface area contributed by atoms with Gasteiger partial charge in [-0.15, -0.1) is 0 Å². The Morgan fingerprint density at radius 2 is 1.76 bits per heavy atom. The lowest BCUT2D eigenvalue weighted by molar-refractivity contribution is -0.136. The summed E-state index contributed by atoms with van der Waals surface area (Å²) in [5.74, 6) is -7.20. The van der Waals surface area contributed by atoms with Crippen LogP contribution in [-0.2, 0) is 27.5 Å². The minimum absolute atomic E-state index is 0.102. The molecule has 3 aromatic carbocycles. The molecular formula is C28H21F4N3O7. The number of ether oxygens (including phenoxy) is 3. The van der Waals surface area contributed by atoms with E-state index in [0.717, 1.165) is 18.2 Å². The topological polar surface area (TPSA) is 123 Å². The standard InChI is InChI=1S/C28H21F4N3O7/c1-40-25-14(3-2-13-11-35(27(38)24(13)25)21-6-7-23(36)34-26(21)37)12-41-28(39)33-20-5-4-15(8-18(20)31)42-22-10-17(30)16(29)9-19(22)32/h2-5,8-10,21H,6-7,11-12H2,1H3,(H,33,39)(H,34,36,37). The van der Waals surface area contributed by atoms with Crippen molar-refractivity contribution >= 4 is 29.5 Å². The number of imide groups is 1. The van der Waals surface area contributed by atoms with E-state index in [9.17, 15) is 36.7 Å². The van der Waals surface area contributed by atoms with Crippen molar-refractivity contribution in [1.82, 2.24) is 10.2 Å². The molecule has 2 N–H and O–H groups in total. The first kappa shape index (κ1) is 28.4. The highest BCUT2D eigenvalue weighted by Gasteiger charge is 2.41. The number of nitrogens with one attached hydrogen (secondary N) is 2. The Bertz CT molecular complexity index is 1630. The summed E-state index contributed by atoms with van der Waals surface area (Å²) in [6.45, 7) is -0.244. The average Bonchev–Trinajstić information content (AvgIpc) is 3.27. The highest BCUT2D eigenvalue weighted by Crippen LogP contribution is 2.36. The summed E-state index contributed by atoms with van der Waals surface area (Å²) in [5.41, 5.74) is 0.780. The summed E-state index contributed by atoms with van der Waals surface area (Å²) in [6, 6.07) is 6.18. The summed E-state index contributed by atoms with van der Waals surface area (Å²) in [5, 5.41) is 4.42. The van der Waals surface area contributed by atoms with Crippen LogP contribution in [0.15, 0.2) is 42.5 Å². The Labute approximate surface area is 235 Å². The molecular weight excluding hydrogens is 566 g/mol. The van der Waals surface area contributed by atoms with E-state index >= 15 is 0 Å². The van der Waals surface area contributed by atoms with E-state index in [4.69, 9.17) is 14.2 Å². The summed E-state index contributed by atoms with van der Waals surface area (Å²) in [4.78, 5) is 50.8. The molecule has 1 atom stereocenters. The Morgan fingerprint density at radius 1 is 1.00 bits per heavy atom. The number of hydrogen-bond donors (Lipinski definition) is 2. The minimum Gasteiger partial charge on any atom is -0.495 e. The molecule has 42 heavy (non-hydrogen) atoms. The molecule has 1 fully saturated rings. The van der Waals surface area contributed by atoms with Gasteiger partial charge >= 0.3 is 6.09 Å². The van der Waals surface area contributed by atoms with E-state index in [1.54, 1.807) is 12.1 Å². The number of hydrogen-bond acceptors (Lipinski definition) is 7. The van der Waals surface area contributed by atoms with Gasteiger partial charge in [-0.3, -0.25) is 25.0 Å². The largest absolute Gasteiger partial charge is 0.495 e. The van der Waals surface area contributed by atoms with E-state index in [0.29, 0.717) is 17.2 Å². The third kappa shape index (κ3) is 5.55. The minimum atomic E-state index is -1.41. The zero-order valence-electron chi connectivity index (χ0n) is 21.8. The van der Waals surface area contributed by atoms with Gasteiger partial charge in [-0.1, -0.05) is 12.1 Å². The highest BCUT2D eigenvalue weighted by molar-refractivity contribution is 6.06. The number of halogens is 4. The van der Waals surface area contributed by atoms with Crippen molar-refractivity contribution in [3.63, 3.8) is 0 Å². The molecule has 2 aliphatic rings. The third-order valence-electron chi connectivity index (χ3n) is 6.67. The van der Waals surface area contributed by atoms with Crippen LogP contribution in [-0.4, -0.2) is 41.9 Å². The van der Waals surface area contributed by atoms with Crippen molar-refractivity contribution in [3.05, 3.63) is 82.4 Å². The number of benzene rings is 3. The van der Waals surface area contributed by atoms with Crippen molar-refractivity contribution in [3.8, 4) is 17.2 Å². The molecule has 14 heteroatoms. The van der Waals surface area contributed by atoms with Gasteiger partial charge in [0.05, 0.1) is 18.4 Å². The van der Waals surface area contributed by atoms with Crippen molar-refractivity contribution < 1.29 is 51.0 Å². The maximum absolute atomic E-state index is 14.6. The van der Waals surface area contributed by atoms with E-state index in [-0.39, 0.29) is 54.8 Å². The van der Waals surface area contributed by atoms with Crippen molar-refractivity contribution in [2.24, 2.45) is 0 Å². The van der Waals surface area contributed by atoms with E-state index < -0.39 is 58.9 Å². The molecule has 2 heterocycles. The van der Waals surface area contributed by atoms with Crippen LogP contribution in [0.4, 0.5) is 28.0 Å². The van der Waals surface area contributed by atoms with Crippen molar-refractivity contribution in [1.29, 1.82) is 0 Å². The highest BCUT2D eigenvalue weighted by atomic mass is 19.2. The second kappa shape index (κ2) is 11.4. The normalized spacial score (nSPS) is 16.2. The van der Waals surface area contributed by atoms with Crippen LogP contribution in [0.1, 0.15) is 34.3 Å². The maximum Gasteiger partial charge on any atom is 0.412 e. The first-order chi connectivity index (χ1) is 20.0. The van der Waals surface area contributed by atoms with E-state index in [1.165, 1.54) is 12.0 Å². The molecule has 3 aromatic rings. The number of anilines is 1. The first-order valence-electron chi connectivity index (χ1n) is 12.4. The molecule has 0 spiro atoms. The molecule has 5 rings (SSSR count). The van der Waals surface area contributed by atoms with Crippen LogP contribution in [0.2, 0.25) is 0 Å². The fourth-order valence-electron chi connectivity index (χ4n) is 4.67. The molecule has 218 valence electrons. The second-order valence-electron chi connectivity index (χ2n) is 9.33. The summed E-state index contributed by atoms with van der Waals surface area (Å²) < 4.78 is 70.6. The molecule has 0 radical (unpaired) electrons. The van der Waals surface area contributed by atoms with E-state index in [2.05, 4.69) is 10.6 Å². The van der Waals surface area contributed by atoms with Gasteiger partial charge in [0.2, 0.25) is 11.8 Å². The third-order valence-corrected chi connectivity index (χ3v) is 6.67. The van der Waals surface area contributed by atoms with E-state index in [1.807, 2.05) is 0 Å². The van der Waals surface area contributed by atoms with Crippen molar-refractivity contribution in [2.75, 3.05) is 12.4 Å². The van der Waals surface area contributed by atoms with Gasteiger partial charge in [-0.05, 0) is 24.1 Å². The Hall–Kier alpha value is -5.14. The van der Waals surface area contributed by atoms with Gasteiger partial charge in [0.15, 0.2) is 29.0 Å². The van der Waals surface area contributed by atoms with Gasteiger partial charge in [0.25, 0.3) is 5.91 Å². The number of methoxy groups -OCH3 is 1. The zero-order valence-corrected chi connectivity index (χ0v) is 21.8. The Balaban J connectivity index is 1.23. The number of carbonyl (C=O) groups excluding carboxylic acids is 4. The Kier molecular flexibility index (Phi) is 7.70. The van der Waals surface area contributed by atoms with Gasteiger partial charge in [-0.25, -0.2) is 22.4 Å². The Morgan fingerprint density at radius 3 is 2.48 bits per heavy atom. The number of piperidine rings is 1. The van der Waals surface area contributed by atoms with Crippen LogP contribution in [0.5, 0.6) is 17.2 Å². The van der Waals surface area contributed by atoms with Crippen LogP contribution in [0.3, 0.4) is 0 Å². The average molecular weight is 587 g/mol. The summed E-state index contributed by atoms with van der Waals surface area (Å²) in [6.07, 6.45) is -0.771. The summed E-state index contributed by atoms with van der Waals surface area (Å²) in [7, 11) is 1.33. The molecule has 0 bridgehead atoms. The molecule has 0 saturated carbocycles. The fourth-order valence-corrected chi connectivity index (χ4v) is 4.67. The second-order valence-corrected chi connectivity index (χ2v) is 9.33. The predicted octanol–water partition coefficient (Wildman–Crippen LogP) is 4.55. The molecule has 1 saturated heterocycles. The zero-order chi connectivity index (χ0) is 30.1. The lowest BCUT2D eigenvalue weighted by atomic mass is 10.0. The van der Waals surface area contributed by atoms with Crippen LogP contribution in [0, 0.1) is 23.3 Å². The van der Waals surface area contributed by atoms with Gasteiger partial charge in [-0.2, -0.15) is 0 Å².